The Kier molecular flexibility index (Phi) is 3.55. The summed E-state index contributed by atoms with van der Waals surface area (Å²) in [5.74, 6) is -3.54. The molecule has 0 spiro atoms. The van der Waals surface area contributed by atoms with E-state index in [1.807, 2.05) is 0 Å². The summed E-state index contributed by atoms with van der Waals surface area (Å²) in [5.41, 5.74) is 0.591. The maximum absolute atomic E-state index is 13.0. The minimum absolute atomic E-state index is 0.0377. The van der Waals surface area contributed by atoms with Gasteiger partial charge in [0.05, 0.1) is 34.5 Å². The summed E-state index contributed by atoms with van der Waals surface area (Å²) in [7, 11) is 0. The maximum atomic E-state index is 13.0. The van der Waals surface area contributed by atoms with E-state index >= 15 is 0 Å². The van der Waals surface area contributed by atoms with Crippen LogP contribution in [0.15, 0.2) is 34.6 Å². The monoisotopic (exact) mass is 399 g/mol. The number of aliphatic carboxylic acids is 1. The second-order valence-electron chi connectivity index (χ2n) is 7.98. The van der Waals surface area contributed by atoms with Gasteiger partial charge in [0, 0.05) is 12.1 Å². The molecular formula is C18H17N5O6. The fourth-order valence-electron chi connectivity index (χ4n) is 5.55. The third kappa shape index (κ3) is 2.21. The topological polar surface area (TPSA) is 146 Å². The van der Waals surface area contributed by atoms with Crippen molar-refractivity contribution in [3.63, 3.8) is 0 Å². The number of imide groups is 1. The van der Waals surface area contributed by atoms with E-state index in [0.29, 0.717) is 12.1 Å². The highest BCUT2D eigenvalue weighted by Gasteiger charge is 2.70. The lowest BCUT2D eigenvalue weighted by Gasteiger charge is -2.33. The van der Waals surface area contributed by atoms with Gasteiger partial charge in [-0.25, -0.2) is 9.80 Å². The number of carboxylic acids is 1. The molecule has 2 aliphatic heterocycles. The number of rotatable bonds is 4. The Morgan fingerprint density at radius 2 is 1.83 bits per heavy atom. The largest absolute Gasteiger partial charge is 0.480 e. The van der Waals surface area contributed by atoms with Crippen molar-refractivity contribution in [2.45, 2.75) is 31.5 Å². The highest BCUT2D eigenvalue weighted by atomic mass is 16.6. The fraction of sp³-hybridized carbons (Fsp3) is 0.500. The first kappa shape index (κ1) is 17.7. The molecule has 1 aromatic rings. The number of amides is 2. The molecule has 7 atom stereocenters. The predicted molar refractivity (Wildman–Crippen MR) is 95.5 cm³/mol. The normalized spacial score (nSPS) is 35.2. The zero-order chi connectivity index (χ0) is 20.6. The molecule has 1 N–H and O–H groups in total. The van der Waals surface area contributed by atoms with Crippen LogP contribution in [0.1, 0.15) is 13.3 Å². The number of hydrogen-bond acceptors (Lipinski definition) is 8. The molecule has 11 heteroatoms. The number of carbonyl (C=O) groups excluding carboxylic acids is 2. The molecular weight excluding hydrogens is 382 g/mol. The average molecular weight is 399 g/mol. The van der Waals surface area contributed by atoms with E-state index in [1.54, 1.807) is 17.1 Å². The maximum Gasteiger partial charge on any atom is 0.326 e. The molecule has 150 valence electrons. The quantitative estimate of drug-likeness (QED) is 0.455. The zero-order valence-corrected chi connectivity index (χ0v) is 15.3. The van der Waals surface area contributed by atoms with Gasteiger partial charge in [-0.3, -0.25) is 24.6 Å². The Labute approximate surface area is 164 Å². The van der Waals surface area contributed by atoms with Crippen molar-refractivity contribution in [3.05, 3.63) is 34.4 Å². The second kappa shape index (κ2) is 5.82. The number of nitro groups is 1. The lowest BCUT2D eigenvalue weighted by Crippen LogP contribution is -2.47. The van der Waals surface area contributed by atoms with E-state index in [1.165, 1.54) is 19.1 Å². The van der Waals surface area contributed by atoms with Crippen molar-refractivity contribution in [2.75, 3.05) is 5.01 Å². The van der Waals surface area contributed by atoms with Crippen LogP contribution in [0.3, 0.4) is 0 Å². The minimum Gasteiger partial charge on any atom is -0.480 e. The van der Waals surface area contributed by atoms with Crippen LogP contribution in [0.2, 0.25) is 0 Å². The Morgan fingerprint density at radius 1 is 1.21 bits per heavy atom. The number of fused-ring (bicyclic) bond motifs is 8. The van der Waals surface area contributed by atoms with Crippen LogP contribution >= 0.6 is 0 Å². The van der Waals surface area contributed by atoms with Crippen LogP contribution in [0.5, 0.6) is 0 Å². The van der Waals surface area contributed by atoms with E-state index in [4.69, 9.17) is 0 Å². The van der Waals surface area contributed by atoms with Gasteiger partial charge < -0.3 is 5.11 Å². The Morgan fingerprint density at radius 3 is 2.41 bits per heavy atom. The van der Waals surface area contributed by atoms with E-state index in [2.05, 4.69) is 10.3 Å². The SMILES string of the molecule is C[C@@H](C(=O)O)N1C(=O)[C@H]2[C@@H]3C[C@@H]([C@@H]2C1=O)[C@@H]1[C@@H]3N=NN1c1ccc([N+](=O)[O-])cc1. The van der Waals surface area contributed by atoms with E-state index in [0.717, 1.165) is 4.90 Å². The molecule has 4 aliphatic rings. The summed E-state index contributed by atoms with van der Waals surface area (Å²) in [6.07, 6.45) is 0.653. The van der Waals surface area contributed by atoms with Crippen molar-refractivity contribution < 1.29 is 24.4 Å². The molecule has 1 aromatic carbocycles. The summed E-state index contributed by atoms with van der Waals surface area (Å²) >= 11 is 0. The standard InChI is InChI=1S/C18H17N5O6/c1-7(18(26)27)21-16(24)12-10-6-11(13(12)17(21)25)15-14(10)19-20-22(15)8-2-4-9(5-3-8)23(28)29/h2-5,7,10-15H,6H2,1H3,(H,26,27)/t7-,10-,11-,12-,13-,14+,15+/m0/s1. The van der Waals surface area contributed by atoms with Crippen molar-refractivity contribution in [2.24, 2.45) is 34.0 Å². The summed E-state index contributed by atoms with van der Waals surface area (Å²) < 4.78 is 0. The Hall–Kier alpha value is -3.37. The predicted octanol–water partition coefficient (Wildman–Crippen LogP) is 1.24. The number of benzene rings is 1. The van der Waals surface area contributed by atoms with E-state index < -0.39 is 40.6 Å². The summed E-state index contributed by atoms with van der Waals surface area (Å²) in [6, 6.07) is 4.26. The van der Waals surface area contributed by atoms with Gasteiger partial charge in [-0.15, -0.1) is 0 Å². The van der Waals surface area contributed by atoms with E-state index in [-0.39, 0.29) is 29.6 Å². The Bertz CT molecular complexity index is 977. The van der Waals surface area contributed by atoms with Crippen LogP contribution in [0, 0.1) is 33.8 Å². The summed E-state index contributed by atoms with van der Waals surface area (Å²) in [5, 5.41) is 30.4. The molecule has 0 aromatic heterocycles. The number of hydrogen-bond donors (Lipinski definition) is 1. The van der Waals surface area contributed by atoms with Crippen LogP contribution in [-0.4, -0.2) is 50.8 Å². The molecule has 3 fully saturated rings. The van der Waals surface area contributed by atoms with Gasteiger partial charge in [0.2, 0.25) is 11.8 Å². The number of non-ortho nitro benzene ring substituents is 1. The number of anilines is 1. The van der Waals surface area contributed by atoms with Crippen LogP contribution in [0.25, 0.3) is 0 Å². The van der Waals surface area contributed by atoms with Gasteiger partial charge >= 0.3 is 5.97 Å². The molecule has 2 heterocycles. The lowest BCUT2D eigenvalue weighted by molar-refractivity contribution is -0.384. The number of likely N-dealkylation sites (tertiary alicyclic amines) is 1. The van der Waals surface area contributed by atoms with Gasteiger partial charge in [-0.1, -0.05) is 5.22 Å². The fourth-order valence-corrected chi connectivity index (χ4v) is 5.55. The van der Waals surface area contributed by atoms with Gasteiger partial charge in [0.15, 0.2) is 0 Å². The second-order valence-corrected chi connectivity index (χ2v) is 7.98. The smallest absolute Gasteiger partial charge is 0.326 e. The average Bonchev–Trinajstić information content (AvgIpc) is 3.41. The van der Waals surface area contributed by atoms with Crippen molar-refractivity contribution in [3.8, 4) is 0 Å². The molecule has 2 bridgehead atoms. The lowest BCUT2D eigenvalue weighted by atomic mass is 9.76. The number of carbonyl (C=O) groups is 3. The first-order valence-electron chi connectivity index (χ1n) is 9.35. The first-order chi connectivity index (χ1) is 13.8. The molecule has 0 unspecified atom stereocenters. The number of nitro benzene ring substituents is 1. The van der Waals surface area contributed by atoms with Gasteiger partial charge in [-0.05, 0) is 37.3 Å². The molecule has 2 aliphatic carbocycles. The molecule has 1 saturated heterocycles. The van der Waals surface area contributed by atoms with Gasteiger partial charge in [0.1, 0.15) is 6.04 Å². The number of carboxylic acid groups (broad SMARTS) is 1. The van der Waals surface area contributed by atoms with Gasteiger partial charge in [0.25, 0.3) is 5.69 Å². The van der Waals surface area contributed by atoms with Crippen LogP contribution < -0.4 is 5.01 Å². The number of nitrogens with zero attached hydrogens (tertiary/aromatic N) is 5. The molecule has 2 amide bonds. The molecule has 11 nitrogen and oxygen atoms in total. The Balaban J connectivity index is 1.45. The summed E-state index contributed by atoms with van der Waals surface area (Å²) in [6.45, 7) is 1.34. The third-order valence-electron chi connectivity index (χ3n) is 6.76. The zero-order valence-electron chi connectivity index (χ0n) is 15.3. The third-order valence-corrected chi connectivity index (χ3v) is 6.76. The van der Waals surface area contributed by atoms with E-state index in [9.17, 15) is 29.6 Å². The van der Waals surface area contributed by atoms with Gasteiger partial charge in [-0.2, -0.15) is 5.11 Å². The van der Waals surface area contributed by atoms with Crippen molar-refractivity contribution in [1.29, 1.82) is 0 Å². The highest BCUT2D eigenvalue weighted by Crippen LogP contribution is 2.60. The van der Waals surface area contributed by atoms with Crippen molar-refractivity contribution in [1.82, 2.24) is 4.90 Å². The molecule has 0 radical (unpaired) electrons. The minimum atomic E-state index is -1.22. The van der Waals surface area contributed by atoms with Crippen LogP contribution in [-0.2, 0) is 14.4 Å². The molecule has 5 rings (SSSR count). The van der Waals surface area contributed by atoms with Crippen molar-refractivity contribution >= 4 is 29.2 Å². The first-order valence-corrected chi connectivity index (χ1v) is 9.35. The molecule has 2 saturated carbocycles. The molecule has 29 heavy (non-hydrogen) atoms. The summed E-state index contributed by atoms with van der Waals surface area (Å²) in [4.78, 5) is 48.5. The van der Waals surface area contributed by atoms with Crippen LogP contribution in [0.4, 0.5) is 11.4 Å². The highest BCUT2D eigenvalue weighted by molar-refractivity contribution is 6.08.